The van der Waals surface area contributed by atoms with Crippen LogP contribution in [0.25, 0.3) is 0 Å². The van der Waals surface area contributed by atoms with E-state index in [0.29, 0.717) is 37.3 Å². The number of oxime groups is 1. The molecule has 2 fully saturated rings. The van der Waals surface area contributed by atoms with Crippen LogP contribution in [0.1, 0.15) is 82.6 Å². The predicted molar refractivity (Wildman–Crippen MR) is 193 cm³/mol. The minimum absolute atomic E-state index is 0.0293. The third-order valence-corrected chi connectivity index (χ3v) is 10.7. The van der Waals surface area contributed by atoms with Crippen LogP contribution < -0.4 is 4.74 Å². The predicted octanol–water partition coefficient (Wildman–Crippen LogP) is 5.02. The summed E-state index contributed by atoms with van der Waals surface area (Å²) in [6, 6.07) is 4.33. The van der Waals surface area contributed by atoms with Crippen molar-refractivity contribution in [1.29, 1.82) is 0 Å². The Labute approximate surface area is 307 Å². The number of carbonyl (C=O) groups excluding carboxylic acids is 1. The number of rotatable bonds is 20. The third kappa shape index (κ3) is 9.11. The van der Waals surface area contributed by atoms with E-state index in [1.54, 1.807) is 36.1 Å². The highest BCUT2D eigenvalue weighted by molar-refractivity contribution is 6.03. The lowest BCUT2D eigenvalue weighted by Gasteiger charge is -2.59. The molecule has 1 unspecified atom stereocenters. The van der Waals surface area contributed by atoms with Gasteiger partial charge in [-0.1, -0.05) is 30.1 Å². The van der Waals surface area contributed by atoms with Gasteiger partial charge < -0.3 is 48.9 Å². The zero-order valence-electron chi connectivity index (χ0n) is 30.5. The summed E-state index contributed by atoms with van der Waals surface area (Å²) in [5.41, 5.74) is 2.37. The molecule has 0 aromatic heterocycles. The van der Waals surface area contributed by atoms with Crippen molar-refractivity contribution in [3.8, 4) is 11.5 Å². The van der Waals surface area contributed by atoms with Gasteiger partial charge in [0.1, 0.15) is 17.5 Å². The molecule has 13 heteroatoms. The fraction of sp³-hybridized carbons (Fsp3) is 0.692. The number of hydrogen-bond donors (Lipinski definition) is 4. The standard InChI is InChI=1S/C39H58N2O11/c1-3-20-50-39-34(41(38(46)48-4-2)16-22-47-23-19-44)26-32(40-52-35-13-7-10-21-49-35)30-24-27(11-5-8-17-42)29(12-6-9-18-43)36(37(30)39)31-25-28(45)14-15-33(31)51-39/h3,14-15,24-25,27,29,34-37,42-45H,1,4-13,16-23,26H2,2H3/t27-,29+,34-,35?,36+,37+,39+/m0/s1. The van der Waals surface area contributed by atoms with Crippen LogP contribution >= 0.6 is 0 Å². The Morgan fingerprint density at radius 3 is 2.62 bits per heavy atom. The molecule has 13 nitrogen and oxygen atoms in total. The minimum Gasteiger partial charge on any atom is -0.508 e. The molecule has 290 valence electrons. The second kappa shape index (κ2) is 19.8. The summed E-state index contributed by atoms with van der Waals surface area (Å²) in [6.45, 7) is 6.93. The summed E-state index contributed by atoms with van der Waals surface area (Å²) < 4.78 is 31.1. The van der Waals surface area contributed by atoms with Crippen LogP contribution in [0.5, 0.6) is 11.5 Å². The first kappa shape index (κ1) is 40.0. The molecule has 7 atom stereocenters. The van der Waals surface area contributed by atoms with Crippen LogP contribution in [-0.2, 0) is 23.8 Å². The number of hydrogen-bond acceptors (Lipinski definition) is 12. The van der Waals surface area contributed by atoms with Crippen LogP contribution in [0.3, 0.4) is 0 Å². The maximum atomic E-state index is 14.0. The van der Waals surface area contributed by atoms with E-state index >= 15 is 0 Å². The summed E-state index contributed by atoms with van der Waals surface area (Å²) >= 11 is 0. The third-order valence-electron chi connectivity index (χ3n) is 10.7. The van der Waals surface area contributed by atoms with Gasteiger partial charge in [0.25, 0.3) is 0 Å². The van der Waals surface area contributed by atoms with Gasteiger partial charge in [0.05, 0.1) is 51.3 Å². The van der Waals surface area contributed by atoms with Crippen molar-refractivity contribution in [1.82, 2.24) is 4.90 Å². The highest BCUT2D eigenvalue weighted by atomic mass is 16.8. The van der Waals surface area contributed by atoms with Crippen molar-refractivity contribution in [2.45, 2.75) is 95.2 Å². The lowest BCUT2D eigenvalue weighted by Crippen LogP contribution is -2.70. The highest BCUT2D eigenvalue weighted by Gasteiger charge is 2.65. The van der Waals surface area contributed by atoms with Crippen LogP contribution in [0.15, 0.2) is 47.7 Å². The van der Waals surface area contributed by atoms with Crippen LogP contribution in [-0.4, -0.2) is 115 Å². The lowest BCUT2D eigenvalue weighted by molar-refractivity contribution is -0.256. The SMILES string of the molecule is C=CCO[C@@]12Oc3ccc(O)cc3[C@H]3[C@H](CCCCO)[C@@H](CCCCO)C=C(C(=NOC4CCCCO4)C[C@@H]1N(CCOCCO)C(=O)OCC)[C@H]32. The number of aliphatic hydroxyl groups is 3. The van der Waals surface area contributed by atoms with Crippen molar-refractivity contribution in [2.24, 2.45) is 22.9 Å². The van der Waals surface area contributed by atoms with Gasteiger partial charge in [0, 0.05) is 44.1 Å². The Kier molecular flexibility index (Phi) is 15.2. The fourth-order valence-corrected chi connectivity index (χ4v) is 8.48. The molecular weight excluding hydrogens is 672 g/mol. The van der Waals surface area contributed by atoms with Gasteiger partial charge in [-0.05, 0) is 81.1 Å². The number of benzene rings is 1. The van der Waals surface area contributed by atoms with Crippen molar-refractivity contribution >= 4 is 11.8 Å². The number of unbranched alkanes of at least 4 members (excludes halogenated alkanes) is 2. The average molecular weight is 731 g/mol. The molecule has 0 bridgehead atoms. The molecule has 0 spiro atoms. The first-order chi connectivity index (χ1) is 25.4. The van der Waals surface area contributed by atoms with E-state index < -0.39 is 30.1 Å². The monoisotopic (exact) mass is 730 g/mol. The molecule has 1 aromatic carbocycles. The molecule has 2 aliphatic carbocycles. The van der Waals surface area contributed by atoms with Crippen LogP contribution in [0, 0.1) is 17.8 Å². The fourth-order valence-electron chi connectivity index (χ4n) is 8.48. The Hall–Kier alpha value is -3.20. The van der Waals surface area contributed by atoms with Crippen molar-refractivity contribution < 1.29 is 53.7 Å². The number of allylic oxidation sites excluding steroid dienone is 1. The Balaban J connectivity index is 1.73. The summed E-state index contributed by atoms with van der Waals surface area (Å²) in [6.07, 6.45) is 10.2. The van der Waals surface area contributed by atoms with Crippen molar-refractivity contribution in [3.05, 3.63) is 48.1 Å². The quantitative estimate of drug-likeness (QED) is 0.0808. The Bertz CT molecular complexity index is 1370. The summed E-state index contributed by atoms with van der Waals surface area (Å²) in [5.74, 6) is -1.48. The number of ether oxygens (including phenoxy) is 5. The molecule has 5 rings (SSSR count). The van der Waals surface area contributed by atoms with Crippen molar-refractivity contribution in [2.75, 3.05) is 59.4 Å². The summed E-state index contributed by atoms with van der Waals surface area (Å²) in [4.78, 5) is 21.7. The van der Waals surface area contributed by atoms with Gasteiger partial charge in [-0.15, -0.1) is 6.58 Å². The highest BCUT2D eigenvalue weighted by Crippen LogP contribution is 2.61. The van der Waals surface area contributed by atoms with Gasteiger partial charge in [-0.3, -0.25) is 4.90 Å². The molecule has 1 saturated carbocycles. The lowest BCUT2D eigenvalue weighted by atomic mass is 9.55. The minimum atomic E-state index is -1.45. The van der Waals surface area contributed by atoms with Gasteiger partial charge in [0.2, 0.25) is 12.1 Å². The second-order valence-electron chi connectivity index (χ2n) is 13.9. The molecule has 2 aliphatic heterocycles. The van der Waals surface area contributed by atoms with E-state index in [0.717, 1.165) is 49.7 Å². The van der Waals surface area contributed by atoms with Gasteiger partial charge in [0.15, 0.2) is 0 Å². The summed E-state index contributed by atoms with van der Waals surface area (Å²) in [7, 11) is 0. The molecule has 1 amide bonds. The number of phenolic OH excluding ortho intramolecular Hbond substituents is 1. The molecular formula is C39H58N2O11. The molecule has 0 radical (unpaired) electrons. The molecule has 2 heterocycles. The number of nitrogens with zero attached hydrogens (tertiary/aromatic N) is 2. The van der Waals surface area contributed by atoms with E-state index in [-0.39, 0.29) is 82.7 Å². The van der Waals surface area contributed by atoms with E-state index in [1.165, 1.54) is 0 Å². The number of amides is 1. The molecule has 4 N–H and O–H groups in total. The van der Waals surface area contributed by atoms with Gasteiger partial charge in [-0.25, -0.2) is 4.79 Å². The van der Waals surface area contributed by atoms with Crippen molar-refractivity contribution in [3.63, 3.8) is 0 Å². The largest absolute Gasteiger partial charge is 0.508 e. The Morgan fingerprint density at radius 1 is 1.10 bits per heavy atom. The zero-order valence-corrected chi connectivity index (χ0v) is 30.5. The van der Waals surface area contributed by atoms with Crippen LogP contribution in [0.2, 0.25) is 0 Å². The maximum Gasteiger partial charge on any atom is 0.410 e. The second-order valence-corrected chi connectivity index (χ2v) is 13.9. The van der Waals surface area contributed by atoms with E-state index in [1.807, 2.05) is 0 Å². The molecule has 52 heavy (non-hydrogen) atoms. The summed E-state index contributed by atoms with van der Waals surface area (Å²) in [5, 5.41) is 44.6. The van der Waals surface area contributed by atoms with Gasteiger partial charge in [-0.2, -0.15) is 0 Å². The average Bonchev–Trinajstić information content (AvgIpc) is 3.15. The number of carbonyl (C=O) groups is 1. The van der Waals surface area contributed by atoms with Crippen LogP contribution in [0.4, 0.5) is 4.79 Å². The number of fused-ring (bicyclic) bond motifs is 2. The van der Waals surface area contributed by atoms with E-state index in [4.69, 9.17) is 33.7 Å². The Morgan fingerprint density at radius 2 is 1.90 bits per heavy atom. The smallest absolute Gasteiger partial charge is 0.410 e. The number of aromatic hydroxyl groups is 1. The van der Waals surface area contributed by atoms with Gasteiger partial charge >= 0.3 is 6.09 Å². The number of aliphatic hydroxyl groups excluding tert-OH is 3. The zero-order chi connectivity index (χ0) is 36.9. The normalized spacial score (nSPS) is 28.6. The molecule has 1 aromatic rings. The first-order valence-electron chi connectivity index (χ1n) is 19.1. The molecule has 4 aliphatic rings. The number of phenols is 1. The first-order valence-corrected chi connectivity index (χ1v) is 19.1. The maximum absolute atomic E-state index is 14.0. The topological polar surface area (TPSA) is 169 Å². The van der Waals surface area contributed by atoms with E-state index in [2.05, 4.69) is 12.7 Å². The molecule has 1 saturated heterocycles. The van der Waals surface area contributed by atoms with E-state index in [9.17, 15) is 25.2 Å².